The van der Waals surface area contributed by atoms with Gasteiger partial charge < -0.3 is 5.73 Å². The molecule has 1 aromatic carbocycles. The van der Waals surface area contributed by atoms with E-state index in [4.69, 9.17) is 5.73 Å². The molecule has 68 valence electrons. The van der Waals surface area contributed by atoms with Gasteiger partial charge in [-0.3, -0.25) is 9.79 Å². The largest absolute Gasteiger partial charge is 0.368 e. The molecule has 3 nitrogen and oxygen atoms in total. The molecule has 0 saturated carbocycles. The summed E-state index contributed by atoms with van der Waals surface area (Å²) in [5.41, 5.74) is 6.02. The first-order valence-electron chi connectivity index (χ1n) is 4.07. The highest BCUT2D eigenvalue weighted by Crippen LogP contribution is 1.95. The van der Waals surface area contributed by atoms with E-state index in [-0.39, 0.29) is 0 Å². The Bertz CT molecular complexity index is 306. The molecule has 0 bridgehead atoms. The molecule has 0 aliphatic heterocycles. The van der Waals surface area contributed by atoms with Gasteiger partial charge in [-0.15, -0.1) is 0 Å². The van der Waals surface area contributed by atoms with Crippen LogP contribution < -0.4 is 5.73 Å². The van der Waals surface area contributed by atoms with Gasteiger partial charge in [-0.1, -0.05) is 30.3 Å². The predicted octanol–water partition coefficient (Wildman–Crippen LogP) is 0.979. The zero-order chi connectivity index (χ0) is 9.68. The van der Waals surface area contributed by atoms with Gasteiger partial charge in [0.05, 0.1) is 0 Å². The number of nitrogens with two attached hydrogens (primary N) is 1. The van der Waals surface area contributed by atoms with Gasteiger partial charge in [0.25, 0.3) is 0 Å². The van der Waals surface area contributed by atoms with E-state index in [1.54, 1.807) is 13.1 Å². The topological polar surface area (TPSA) is 55.4 Å². The fourth-order valence-corrected chi connectivity index (χ4v) is 0.810. The van der Waals surface area contributed by atoms with E-state index < -0.39 is 11.9 Å². The van der Waals surface area contributed by atoms with Crippen LogP contribution in [0.25, 0.3) is 0 Å². The summed E-state index contributed by atoms with van der Waals surface area (Å²) in [6, 6.07) is 9.12. The molecular weight excluding hydrogens is 164 g/mol. The molecule has 1 atom stereocenters. The van der Waals surface area contributed by atoms with Gasteiger partial charge >= 0.3 is 0 Å². The highest BCUT2D eigenvalue weighted by Gasteiger charge is 2.03. The van der Waals surface area contributed by atoms with Crippen LogP contribution in [0.4, 0.5) is 0 Å². The van der Waals surface area contributed by atoms with Gasteiger partial charge in [0.2, 0.25) is 5.91 Å². The van der Waals surface area contributed by atoms with Crippen molar-refractivity contribution < 1.29 is 4.79 Å². The summed E-state index contributed by atoms with van der Waals surface area (Å²) in [5, 5.41) is 0. The minimum atomic E-state index is -0.458. The number of aliphatic imine (C=N–C) groups is 1. The second-order valence-corrected chi connectivity index (χ2v) is 2.77. The van der Waals surface area contributed by atoms with Crippen molar-refractivity contribution in [2.45, 2.75) is 13.0 Å². The second kappa shape index (κ2) is 4.40. The zero-order valence-electron chi connectivity index (χ0n) is 7.47. The molecule has 0 saturated heterocycles. The van der Waals surface area contributed by atoms with E-state index in [1.165, 1.54) is 0 Å². The zero-order valence-corrected chi connectivity index (χ0v) is 7.47. The maximum atomic E-state index is 10.6. The number of primary amides is 1. The van der Waals surface area contributed by atoms with Crippen LogP contribution in [-0.4, -0.2) is 18.2 Å². The highest BCUT2D eigenvalue weighted by atomic mass is 16.1. The standard InChI is InChI=1S/C10H12N2O/c1-8(10(11)13)12-7-9-5-3-2-4-6-9/h2-8H,1H3,(H2,11,13)/t8-/m1/s1. The quantitative estimate of drug-likeness (QED) is 0.686. The first kappa shape index (κ1) is 9.45. The second-order valence-electron chi connectivity index (χ2n) is 2.77. The van der Waals surface area contributed by atoms with Gasteiger partial charge in [-0.05, 0) is 12.5 Å². The lowest BCUT2D eigenvalue weighted by atomic mass is 10.2. The first-order chi connectivity index (χ1) is 6.20. The third-order valence-electron chi connectivity index (χ3n) is 1.66. The Balaban J connectivity index is 2.64. The Morgan fingerprint density at radius 3 is 2.62 bits per heavy atom. The average molecular weight is 176 g/mol. The van der Waals surface area contributed by atoms with Gasteiger partial charge in [-0.25, -0.2) is 0 Å². The average Bonchev–Trinajstić information content (AvgIpc) is 2.15. The molecular formula is C10H12N2O. The van der Waals surface area contributed by atoms with Crippen LogP contribution >= 0.6 is 0 Å². The van der Waals surface area contributed by atoms with E-state index >= 15 is 0 Å². The third-order valence-corrected chi connectivity index (χ3v) is 1.66. The number of benzene rings is 1. The lowest BCUT2D eigenvalue weighted by Gasteiger charge is -1.98. The first-order valence-corrected chi connectivity index (χ1v) is 4.07. The van der Waals surface area contributed by atoms with Gasteiger partial charge in [-0.2, -0.15) is 0 Å². The molecule has 2 N–H and O–H groups in total. The molecule has 0 radical (unpaired) electrons. The molecule has 0 aliphatic rings. The number of carbonyl (C=O) groups excluding carboxylic acids is 1. The van der Waals surface area contributed by atoms with Crippen LogP contribution in [-0.2, 0) is 4.79 Å². The van der Waals surface area contributed by atoms with Crippen molar-refractivity contribution in [3.05, 3.63) is 35.9 Å². The monoisotopic (exact) mass is 176 g/mol. The molecule has 1 rings (SSSR count). The lowest BCUT2D eigenvalue weighted by Crippen LogP contribution is -2.23. The summed E-state index contributed by atoms with van der Waals surface area (Å²) >= 11 is 0. The number of hydrogen-bond acceptors (Lipinski definition) is 2. The van der Waals surface area contributed by atoms with E-state index in [0.29, 0.717) is 0 Å². The summed E-state index contributed by atoms with van der Waals surface area (Å²) < 4.78 is 0. The van der Waals surface area contributed by atoms with Gasteiger partial charge in [0.1, 0.15) is 6.04 Å². The Morgan fingerprint density at radius 2 is 2.08 bits per heavy atom. The maximum absolute atomic E-state index is 10.6. The van der Waals surface area contributed by atoms with Crippen molar-refractivity contribution >= 4 is 12.1 Å². The lowest BCUT2D eigenvalue weighted by molar-refractivity contribution is -0.118. The van der Waals surface area contributed by atoms with Crippen molar-refractivity contribution in [1.82, 2.24) is 0 Å². The number of rotatable bonds is 3. The SMILES string of the molecule is C[C@@H](N=Cc1ccccc1)C(N)=O. The Hall–Kier alpha value is -1.64. The smallest absolute Gasteiger partial charge is 0.241 e. The van der Waals surface area contributed by atoms with Gasteiger partial charge in [0, 0.05) is 6.21 Å². The summed E-state index contributed by atoms with van der Waals surface area (Å²) in [4.78, 5) is 14.6. The molecule has 0 spiro atoms. The van der Waals surface area contributed by atoms with Crippen LogP contribution in [0.2, 0.25) is 0 Å². The van der Waals surface area contributed by atoms with Gasteiger partial charge in [0.15, 0.2) is 0 Å². The molecule has 0 aromatic heterocycles. The van der Waals surface area contributed by atoms with Crippen LogP contribution in [0.5, 0.6) is 0 Å². The number of amides is 1. The Kier molecular flexibility index (Phi) is 3.20. The summed E-state index contributed by atoms with van der Waals surface area (Å²) in [5.74, 6) is -0.410. The number of hydrogen-bond donors (Lipinski definition) is 1. The molecule has 3 heteroatoms. The van der Waals surface area contributed by atoms with Crippen LogP contribution in [0, 0.1) is 0 Å². The van der Waals surface area contributed by atoms with Crippen molar-refractivity contribution in [3.63, 3.8) is 0 Å². The molecule has 0 unspecified atom stereocenters. The molecule has 1 amide bonds. The predicted molar refractivity (Wildman–Crippen MR) is 52.7 cm³/mol. The maximum Gasteiger partial charge on any atom is 0.241 e. The molecule has 0 heterocycles. The van der Waals surface area contributed by atoms with Crippen LogP contribution in [0.3, 0.4) is 0 Å². The van der Waals surface area contributed by atoms with Crippen molar-refractivity contribution in [3.8, 4) is 0 Å². The third kappa shape index (κ3) is 3.07. The summed E-state index contributed by atoms with van der Waals surface area (Å²) in [6.07, 6.45) is 1.65. The van der Waals surface area contributed by atoms with E-state index in [2.05, 4.69) is 4.99 Å². The molecule has 1 aromatic rings. The minimum absolute atomic E-state index is 0.410. The Morgan fingerprint density at radius 1 is 1.46 bits per heavy atom. The van der Waals surface area contributed by atoms with E-state index in [1.807, 2.05) is 30.3 Å². The number of nitrogens with zero attached hydrogens (tertiary/aromatic N) is 1. The van der Waals surface area contributed by atoms with Crippen molar-refractivity contribution in [2.75, 3.05) is 0 Å². The number of carbonyl (C=O) groups is 1. The normalized spacial score (nSPS) is 13.0. The van der Waals surface area contributed by atoms with Crippen LogP contribution in [0.1, 0.15) is 12.5 Å². The fraction of sp³-hybridized carbons (Fsp3) is 0.200. The fourth-order valence-electron chi connectivity index (χ4n) is 0.810. The minimum Gasteiger partial charge on any atom is -0.368 e. The summed E-state index contributed by atoms with van der Waals surface area (Å²) in [6.45, 7) is 1.67. The van der Waals surface area contributed by atoms with Crippen LogP contribution in [0.15, 0.2) is 35.3 Å². The van der Waals surface area contributed by atoms with E-state index in [0.717, 1.165) is 5.56 Å². The van der Waals surface area contributed by atoms with Crippen molar-refractivity contribution in [1.29, 1.82) is 0 Å². The Labute approximate surface area is 77.3 Å². The van der Waals surface area contributed by atoms with E-state index in [9.17, 15) is 4.79 Å². The molecule has 0 aliphatic carbocycles. The molecule has 0 fully saturated rings. The summed E-state index contributed by atoms with van der Waals surface area (Å²) in [7, 11) is 0. The molecule has 13 heavy (non-hydrogen) atoms. The highest BCUT2D eigenvalue weighted by molar-refractivity contribution is 5.85. The van der Waals surface area contributed by atoms with Crippen molar-refractivity contribution in [2.24, 2.45) is 10.7 Å².